The van der Waals surface area contributed by atoms with Crippen LogP contribution in [0.2, 0.25) is 0 Å². The van der Waals surface area contributed by atoms with Crippen molar-refractivity contribution in [1.29, 1.82) is 0 Å². The van der Waals surface area contributed by atoms with Gasteiger partial charge in [0.2, 0.25) is 0 Å². The summed E-state index contributed by atoms with van der Waals surface area (Å²) in [6, 6.07) is 0. The molecule has 0 fully saturated rings. The van der Waals surface area contributed by atoms with E-state index >= 15 is 0 Å². The van der Waals surface area contributed by atoms with Gasteiger partial charge in [0.15, 0.2) is 0 Å². The van der Waals surface area contributed by atoms with Gasteiger partial charge in [0.05, 0.1) is 5.57 Å². The van der Waals surface area contributed by atoms with E-state index in [9.17, 15) is 4.79 Å². The third-order valence-corrected chi connectivity index (χ3v) is 2.18. The third kappa shape index (κ3) is 5.52. The maximum atomic E-state index is 10.8. The van der Waals surface area contributed by atoms with Crippen LogP contribution in [0.1, 0.15) is 13.3 Å². The Labute approximate surface area is 103 Å². The smallest absolute Gasteiger partial charge is 0.335 e. The molecule has 0 aliphatic carbocycles. The van der Waals surface area contributed by atoms with E-state index in [1.807, 2.05) is 13.0 Å². The molecule has 0 heterocycles. The number of aliphatic carboxylic acids is 1. The summed E-state index contributed by atoms with van der Waals surface area (Å²) in [4.78, 5) is 10.8. The summed E-state index contributed by atoms with van der Waals surface area (Å²) >= 11 is 0. The zero-order valence-electron chi connectivity index (χ0n) is 10.2. The Morgan fingerprint density at radius 3 is 2.18 bits per heavy atom. The summed E-state index contributed by atoms with van der Waals surface area (Å²) in [6.07, 6.45) is 7.19. The molecule has 0 aromatic rings. The van der Waals surface area contributed by atoms with E-state index in [2.05, 4.69) is 26.3 Å². The van der Waals surface area contributed by atoms with Crippen molar-refractivity contribution in [2.24, 2.45) is 0 Å². The summed E-state index contributed by atoms with van der Waals surface area (Å²) in [5, 5.41) is 8.82. The second kappa shape index (κ2) is 7.23. The van der Waals surface area contributed by atoms with E-state index in [4.69, 9.17) is 5.11 Å². The zero-order valence-corrected chi connectivity index (χ0v) is 10.2. The van der Waals surface area contributed by atoms with Gasteiger partial charge in [-0.2, -0.15) is 0 Å². The maximum Gasteiger partial charge on any atom is 0.335 e. The van der Waals surface area contributed by atoms with Crippen molar-refractivity contribution >= 4 is 5.97 Å². The Morgan fingerprint density at radius 2 is 1.76 bits per heavy atom. The molecular formula is C15H18O2. The molecule has 0 atom stereocenters. The van der Waals surface area contributed by atoms with Crippen LogP contribution < -0.4 is 0 Å². The van der Waals surface area contributed by atoms with Gasteiger partial charge in [-0.25, -0.2) is 4.79 Å². The topological polar surface area (TPSA) is 37.3 Å². The predicted octanol–water partition coefficient (Wildman–Crippen LogP) is 3.82. The highest BCUT2D eigenvalue weighted by atomic mass is 16.4. The van der Waals surface area contributed by atoms with Gasteiger partial charge in [0.25, 0.3) is 0 Å². The van der Waals surface area contributed by atoms with Gasteiger partial charge in [-0.05, 0) is 23.6 Å². The summed E-state index contributed by atoms with van der Waals surface area (Å²) in [6.45, 7) is 16.8. The number of allylic oxidation sites excluding steroid dienone is 6. The Kier molecular flexibility index (Phi) is 6.34. The molecule has 0 amide bonds. The average molecular weight is 230 g/mol. The van der Waals surface area contributed by atoms with Crippen LogP contribution in [0, 0.1) is 0 Å². The minimum Gasteiger partial charge on any atom is -0.478 e. The van der Waals surface area contributed by atoms with Gasteiger partial charge in [0.1, 0.15) is 0 Å². The van der Waals surface area contributed by atoms with E-state index in [0.29, 0.717) is 11.1 Å². The number of hydrogen-bond donors (Lipinski definition) is 1. The fourth-order valence-corrected chi connectivity index (χ4v) is 0.932. The molecule has 0 saturated heterocycles. The third-order valence-electron chi connectivity index (χ3n) is 2.18. The molecule has 0 unspecified atom stereocenters. The molecule has 0 saturated carbocycles. The van der Waals surface area contributed by atoms with E-state index in [1.54, 1.807) is 6.08 Å². The Morgan fingerprint density at radius 1 is 1.18 bits per heavy atom. The fraction of sp³-hybridized carbons (Fsp3) is 0.133. The second-order valence-corrected chi connectivity index (χ2v) is 3.50. The molecule has 0 spiro atoms. The van der Waals surface area contributed by atoms with Gasteiger partial charge in [-0.1, -0.05) is 57.0 Å². The quantitative estimate of drug-likeness (QED) is 0.533. The van der Waals surface area contributed by atoms with E-state index in [0.717, 1.165) is 12.0 Å². The lowest BCUT2D eigenvalue weighted by atomic mass is 10.0. The summed E-state index contributed by atoms with van der Waals surface area (Å²) < 4.78 is 0. The second-order valence-electron chi connectivity index (χ2n) is 3.50. The number of hydrogen-bond acceptors (Lipinski definition) is 1. The predicted molar refractivity (Wildman–Crippen MR) is 72.8 cm³/mol. The molecule has 0 bridgehead atoms. The summed E-state index contributed by atoms with van der Waals surface area (Å²) in [5.74, 6) is -1.03. The van der Waals surface area contributed by atoms with Crippen LogP contribution in [0.4, 0.5) is 0 Å². The van der Waals surface area contributed by atoms with Crippen molar-refractivity contribution in [1.82, 2.24) is 0 Å². The van der Waals surface area contributed by atoms with Crippen molar-refractivity contribution in [3.8, 4) is 0 Å². The standard InChI is InChI=1S/C15H18O2/c1-6-11(3)8-9-12(4)13(5)10-14(7-2)15(16)17/h7-10H,2-6H2,1H3,(H,16,17)/b9-8-,14-10+. The van der Waals surface area contributed by atoms with Crippen molar-refractivity contribution in [2.45, 2.75) is 13.3 Å². The Bertz CT molecular complexity index is 420. The van der Waals surface area contributed by atoms with E-state index < -0.39 is 5.97 Å². The first-order valence-corrected chi connectivity index (χ1v) is 5.23. The first kappa shape index (κ1) is 14.9. The van der Waals surface area contributed by atoms with Crippen molar-refractivity contribution in [2.75, 3.05) is 0 Å². The van der Waals surface area contributed by atoms with Gasteiger partial charge < -0.3 is 5.11 Å². The first-order valence-electron chi connectivity index (χ1n) is 5.23. The lowest BCUT2D eigenvalue weighted by Gasteiger charge is -2.01. The molecule has 2 nitrogen and oxygen atoms in total. The molecule has 1 N–H and O–H groups in total. The normalized spacial score (nSPS) is 11.2. The van der Waals surface area contributed by atoms with Gasteiger partial charge in [-0.3, -0.25) is 0 Å². The molecule has 90 valence electrons. The Hall–Kier alpha value is -2.09. The molecule has 0 aliphatic rings. The molecule has 0 aliphatic heterocycles. The first-order chi connectivity index (χ1) is 7.92. The summed E-state index contributed by atoms with van der Waals surface area (Å²) in [5.41, 5.74) is 2.27. The van der Waals surface area contributed by atoms with Crippen molar-refractivity contribution < 1.29 is 9.90 Å². The number of carbonyl (C=O) groups is 1. The van der Waals surface area contributed by atoms with Gasteiger partial charge >= 0.3 is 5.97 Å². The Balaban J connectivity index is 4.79. The lowest BCUT2D eigenvalue weighted by Crippen LogP contribution is -1.97. The average Bonchev–Trinajstić information content (AvgIpc) is 2.31. The fourth-order valence-electron chi connectivity index (χ4n) is 0.932. The largest absolute Gasteiger partial charge is 0.478 e. The highest BCUT2D eigenvalue weighted by molar-refractivity contribution is 5.90. The van der Waals surface area contributed by atoms with Crippen LogP contribution in [0.3, 0.4) is 0 Å². The van der Waals surface area contributed by atoms with Crippen LogP contribution in [0.15, 0.2) is 72.9 Å². The molecule has 0 aromatic carbocycles. The van der Waals surface area contributed by atoms with E-state index in [-0.39, 0.29) is 5.57 Å². The molecule has 2 heteroatoms. The highest BCUT2D eigenvalue weighted by Gasteiger charge is 2.03. The van der Waals surface area contributed by atoms with E-state index in [1.165, 1.54) is 12.2 Å². The summed E-state index contributed by atoms with van der Waals surface area (Å²) in [7, 11) is 0. The highest BCUT2D eigenvalue weighted by Crippen LogP contribution is 2.13. The monoisotopic (exact) mass is 230 g/mol. The zero-order chi connectivity index (χ0) is 13.4. The molecule has 0 radical (unpaired) electrons. The lowest BCUT2D eigenvalue weighted by molar-refractivity contribution is -0.132. The number of rotatable bonds is 7. The van der Waals surface area contributed by atoms with Crippen LogP contribution >= 0.6 is 0 Å². The maximum absolute atomic E-state index is 10.8. The molecular weight excluding hydrogens is 212 g/mol. The van der Waals surface area contributed by atoms with Crippen LogP contribution in [0.5, 0.6) is 0 Å². The molecule has 17 heavy (non-hydrogen) atoms. The van der Waals surface area contributed by atoms with Crippen molar-refractivity contribution in [3.63, 3.8) is 0 Å². The van der Waals surface area contributed by atoms with Crippen molar-refractivity contribution in [3.05, 3.63) is 72.9 Å². The van der Waals surface area contributed by atoms with Crippen LogP contribution in [0.25, 0.3) is 0 Å². The minimum atomic E-state index is -1.03. The number of carboxylic acid groups (broad SMARTS) is 1. The van der Waals surface area contributed by atoms with Gasteiger partial charge in [0, 0.05) is 0 Å². The molecule has 0 aromatic heterocycles. The molecule has 0 rings (SSSR count). The van der Waals surface area contributed by atoms with Gasteiger partial charge in [-0.15, -0.1) is 0 Å². The van der Waals surface area contributed by atoms with Crippen LogP contribution in [-0.2, 0) is 4.79 Å². The minimum absolute atomic E-state index is 0.0962. The van der Waals surface area contributed by atoms with Crippen LogP contribution in [-0.4, -0.2) is 11.1 Å². The number of carboxylic acids is 1. The SMILES string of the molecule is C=C/C(=C\C(=C)C(=C)/C=C\C(=C)CC)C(=O)O.